The zero-order valence-corrected chi connectivity index (χ0v) is 24.9. The van der Waals surface area contributed by atoms with Crippen molar-refractivity contribution < 1.29 is 9.84 Å². The number of benzene rings is 1. The fraction of sp³-hybridized carbons (Fsp3) is 0.500. The predicted molar refractivity (Wildman–Crippen MR) is 165 cm³/mol. The van der Waals surface area contributed by atoms with Crippen molar-refractivity contribution in [1.29, 1.82) is 0 Å². The lowest BCUT2D eigenvalue weighted by Crippen LogP contribution is -2.46. The van der Waals surface area contributed by atoms with Crippen LogP contribution in [0.2, 0.25) is 0 Å². The number of piperazine rings is 1. The van der Waals surface area contributed by atoms with Crippen molar-refractivity contribution >= 4 is 17.4 Å². The first-order chi connectivity index (χ1) is 20.5. The number of aliphatic hydroxyl groups is 1. The minimum atomic E-state index is -0.194. The number of aromatic nitrogens is 5. The molecule has 0 spiro atoms. The Hall–Kier alpha value is -3.60. The molecule has 0 amide bonds. The van der Waals surface area contributed by atoms with E-state index in [9.17, 15) is 5.11 Å². The summed E-state index contributed by atoms with van der Waals surface area (Å²) in [5.74, 6) is 1.78. The first kappa shape index (κ1) is 28.5. The molecule has 6 rings (SSSR count). The molecule has 4 aromatic rings. The second kappa shape index (κ2) is 12.7. The minimum Gasteiger partial charge on any atom is -0.393 e. The second-order valence-corrected chi connectivity index (χ2v) is 11.8. The molecule has 4 heterocycles. The van der Waals surface area contributed by atoms with Gasteiger partial charge in [-0.15, -0.1) is 5.10 Å². The fourth-order valence-electron chi connectivity index (χ4n) is 6.23. The summed E-state index contributed by atoms with van der Waals surface area (Å²) in [6.45, 7) is 9.40. The number of methoxy groups -OCH3 is 1. The molecule has 222 valence electrons. The first-order valence-corrected chi connectivity index (χ1v) is 15.2. The third-order valence-corrected chi connectivity index (χ3v) is 8.56. The number of nitrogens with zero attached hydrogens (tertiary/aromatic N) is 7. The van der Waals surface area contributed by atoms with Crippen molar-refractivity contribution in [3.63, 3.8) is 0 Å². The molecule has 1 aliphatic carbocycles. The Bertz CT molecular complexity index is 1470. The highest BCUT2D eigenvalue weighted by Gasteiger charge is 2.26. The molecule has 1 saturated heterocycles. The molecule has 0 unspecified atom stereocenters. The molecule has 1 aliphatic heterocycles. The number of hydrogen-bond acceptors (Lipinski definition) is 9. The van der Waals surface area contributed by atoms with Gasteiger partial charge in [-0.25, -0.2) is 19.5 Å². The van der Waals surface area contributed by atoms with E-state index >= 15 is 0 Å². The quantitative estimate of drug-likeness (QED) is 0.305. The Morgan fingerprint density at radius 1 is 1.02 bits per heavy atom. The van der Waals surface area contributed by atoms with Crippen LogP contribution in [-0.4, -0.2) is 86.6 Å². The van der Waals surface area contributed by atoms with Crippen LogP contribution in [-0.2, 0) is 11.3 Å². The average Bonchev–Trinajstić information content (AvgIpc) is 3.37. The highest BCUT2D eigenvalue weighted by atomic mass is 16.5. The maximum atomic E-state index is 10.1. The fourth-order valence-corrected chi connectivity index (χ4v) is 6.23. The Morgan fingerprint density at radius 2 is 1.79 bits per heavy atom. The molecule has 2 fully saturated rings. The molecule has 10 heteroatoms. The predicted octanol–water partition coefficient (Wildman–Crippen LogP) is 4.28. The average molecular weight is 571 g/mol. The molecule has 0 bridgehead atoms. The summed E-state index contributed by atoms with van der Waals surface area (Å²) < 4.78 is 7.35. The van der Waals surface area contributed by atoms with Crippen LogP contribution in [0.3, 0.4) is 0 Å². The third kappa shape index (κ3) is 6.40. The Morgan fingerprint density at radius 3 is 2.50 bits per heavy atom. The van der Waals surface area contributed by atoms with Crippen LogP contribution in [0.25, 0.3) is 16.6 Å². The maximum absolute atomic E-state index is 10.1. The molecule has 1 atom stereocenters. The number of fused-ring (bicyclic) bond motifs is 1. The van der Waals surface area contributed by atoms with Crippen LogP contribution < -0.4 is 10.2 Å². The van der Waals surface area contributed by atoms with E-state index in [4.69, 9.17) is 9.84 Å². The van der Waals surface area contributed by atoms with Crippen molar-refractivity contribution in [2.75, 3.05) is 50.1 Å². The van der Waals surface area contributed by atoms with Gasteiger partial charge in [-0.05, 0) is 62.8 Å². The molecule has 10 nitrogen and oxygen atoms in total. The van der Waals surface area contributed by atoms with Crippen LogP contribution in [0, 0.1) is 6.92 Å². The molecule has 1 aromatic carbocycles. The zero-order valence-electron chi connectivity index (χ0n) is 24.9. The highest BCUT2D eigenvalue weighted by molar-refractivity contribution is 5.81. The number of aryl methyl sites for hydroxylation is 1. The summed E-state index contributed by atoms with van der Waals surface area (Å²) in [6.07, 6.45) is 7.15. The van der Waals surface area contributed by atoms with Gasteiger partial charge < -0.3 is 20.1 Å². The van der Waals surface area contributed by atoms with Gasteiger partial charge in [0.05, 0.1) is 24.4 Å². The Kier molecular flexibility index (Phi) is 8.64. The van der Waals surface area contributed by atoms with E-state index in [0.717, 1.165) is 86.7 Å². The smallest absolute Gasteiger partial charge is 0.241 e. The summed E-state index contributed by atoms with van der Waals surface area (Å²) in [6, 6.07) is 13.3. The lowest BCUT2D eigenvalue weighted by Gasteiger charge is -2.34. The van der Waals surface area contributed by atoms with Gasteiger partial charge in [0.2, 0.25) is 11.9 Å². The van der Waals surface area contributed by atoms with Crippen molar-refractivity contribution in [2.24, 2.45) is 0 Å². The molecule has 2 aliphatic rings. The van der Waals surface area contributed by atoms with Gasteiger partial charge >= 0.3 is 0 Å². The summed E-state index contributed by atoms with van der Waals surface area (Å²) in [7, 11) is 1.70. The molecule has 1 saturated carbocycles. The zero-order chi connectivity index (χ0) is 29.1. The van der Waals surface area contributed by atoms with Gasteiger partial charge in [0, 0.05) is 74.9 Å². The van der Waals surface area contributed by atoms with Gasteiger partial charge in [0.15, 0.2) is 0 Å². The molecule has 42 heavy (non-hydrogen) atoms. The van der Waals surface area contributed by atoms with E-state index < -0.39 is 0 Å². The number of anilines is 2. The summed E-state index contributed by atoms with van der Waals surface area (Å²) in [5, 5.41) is 18.4. The lowest BCUT2D eigenvalue weighted by molar-refractivity contribution is 0.121. The number of nitrogens with one attached hydrogen (secondary N) is 1. The van der Waals surface area contributed by atoms with Gasteiger partial charge in [-0.3, -0.25) is 4.90 Å². The largest absolute Gasteiger partial charge is 0.393 e. The number of hydrogen-bond donors (Lipinski definition) is 2. The van der Waals surface area contributed by atoms with E-state index in [2.05, 4.69) is 71.8 Å². The summed E-state index contributed by atoms with van der Waals surface area (Å²) in [5.41, 5.74) is 6.81. The maximum Gasteiger partial charge on any atom is 0.241 e. The standard InChI is InChI=1S/C32H42N8O2/c1-22-12-13-33-32(36-22)39-16-14-38(15-17-39)20-24-4-6-25(7-5-24)28-18-29(26-8-10-27(41)11-9-26)40-30(28)19-34-31(37-40)35-23(2)21-42-3/h4-7,12-13,18-19,23,26-27,41H,8-11,14-17,20-21H2,1-3H3,(H,35,37)/t23-,26?,27?/m0/s1. The van der Waals surface area contributed by atoms with Gasteiger partial charge in [-0.2, -0.15) is 0 Å². The van der Waals surface area contributed by atoms with Crippen molar-refractivity contribution in [1.82, 2.24) is 29.5 Å². The van der Waals surface area contributed by atoms with E-state index in [1.807, 2.05) is 25.4 Å². The van der Waals surface area contributed by atoms with Crippen molar-refractivity contribution in [2.45, 2.75) is 64.1 Å². The number of rotatable bonds is 9. The van der Waals surface area contributed by atoms with Gasteiger partial charge in [0.1, 0.15) is 0 Å². The minimum absolute atomic E-state index is 0.0992. The third-order valence-electron chi connectivity index (χ3n) is 8.56. The Balaban J connectivity index is 1.19. The monoisotopic (exact) mass is 570 g/mol. The molecule has 2 N–H and O–H groups in total. The number of aliphatic hydroxyl groups excluding tert-OH is 1. The number of ether oxygens (including phenoxy) is 1. The molecular weight excluding hydrogens is 528 g/mol. The van der Waals surface area contributed by atoms with E-state index in [1.165, 1.54) is 11.3 Å². The normalized spacial score (nSPS) is 20.6. The SMILES string of the molecule is COC[C@H](C)Nc1ncc2c(-c3ccc(CN4CCN(c5nccc(C)n5)CC4)cc3)cc(C3CCC(O)CC3)n2n1. The lowest BCUT2D eigenvalue weighted by atomic mass is 9.85. The molecule has 3 aromatic heterocycles. The van der Waals surface area contributed by atoms with Crippen LogP contribution in [0.5, 0.6) is 0 Å². The highest BCUT2D eigenvalue weighted by Crippen LogP contribution is 2.37. The van der Waals surface area contributed by atoms with E-state index in [0.29, 0.717) is 18.5 Å². The van der Waals surface area contributed by atoms with Crippen molar-refractivity contribution in [3.05, 3.63) is 65.7 Å². The van der Waals surface area contributed by atoms with Crippen LogP contribution >= 0.6 is 0 Å². The summed E-state index contributed by atoms with van der Waals surface area (Å²) >= 11 is 0. The van der Waals surface area contributed by atoms with E-state index in [-0.39, 0.29) is 12.1 Å². The van der Waals surface area contributed by atoms with Gasteiger partial charge in [0.25, 0.3) is 0 Å². The van der Waals surface area contributed by atoms with Crippen LogP contribution in [0.15, 0.2) is 48.8 Å². The van der Waals surface area contributed by atoms with Crippen LogP contribution in [0.4, 0.5) is 11.9 Å². The van der Waals surface area contributed by atoms with Crippen molar-refractivity contribution in [3.8, 4) is 11.1 Å². The topological polar surface area (TPSA) is 104 Å². The van der Waals surface area contributed by atoms with Crippen LogP contribution in [0.1, 0.15) is 55.5 Å². The molecular formula is C32H42N8O2. The van der Waals surface area contributed by atoms with E-state index in [1.54, 1.807) is 7.11 Å². The summed E-state index contributed by atoms with van der Waals surface area (Å²) in [4.78, 5) is 18.5. The second-order valence-electron chi connectivity index (χ2n) is 11.8. The molecule has 0 radical (unpaired) electrons. The Labute approximate surface area is 247 Å². The first-order valence-electron chi connectivity index (χ1n) is 15.2. The van der Waals surface area contributed by atoms with Gasteiger partial charge in [-0.1, -0.05) is 24.3 Å².